The number of nitrogens with zero attached hydrogens (tertiary/aromatic N) is 5. The molecule has 9 nitrogen and oxygen atoms in total. The van der Waals surface area contributed by atoms with E-state index in [0.717, 1.165) is 11.3 Å². The van der Waals surface area contributed by atoms with Gasteiger partial charge in [0.05, 0.1) is 16.9 Å². The fourth-order valence-electron chi connectivity index (χ4n) is 2.97. The Morgan fingerprint density at radius 1 is 1.00 bits per heavy atom. The molecule has 0 radical (unpaired) electrons. The summed E-state index contributed by atoms with van der Waals surface area (Å²) in [6, 6.07) is 25.3. The first-order chi connectivity index (χ1) is 16.1. The van der Waals surface area contributed by atoms with Gasteiger partial charge in [0.15, 0.2) is 11.0 Å². The number of nitro benzene ring substituents is 1. The van der Waals surface area contributed by atoms with Crippen molar-refractivity contribution >= 4 is 29.6 Å². The number of amides is 1. The Balaban J connectivity index is 1.44. The number of non-ortho nitro benzene ring substituents is 1. The molecule has 0 aliphatic heterocycles. The number of hydrogen-bond donors (Lipinski definition) is 1. The number of benzene rings is 3. The third-order valence-corrected chi connectivity index (χ3v) is 5.45. The standard InChI is InChI=1S/C23H18N6O3S/c30-21(25-24-15-17-11-13-20(14-12-17)29(31)32)16-33-23-27-26-22(18-7-3-1-4-8-18)28(23)19-9-5-2-6-10-19/h1-15H,16H2,(H,25,30)/b24-15+. The van der Waals surface area contributed by atoms with Gasteiger partial charge in [0, 0.05) is 23.4 Å². The summed E-state index contributed by atoms with van der Waals surface area (Å²) in [4.78, 5) is 22.5. The van der Waals surface area contributed by atoms with E-state index in [1.807, 2.05) is 65.2 Å². The number of thioether (sulfide) groups is 1. The minimum Gasteiger partial charge on any atom is -0.272 e. The predicted octanol–water partition coefficient (Wildman–Crippen LogP) is 4.08. The van der Waals surface area contributed by atoms with Crippen molar-refractivity contribution in [2.24, 2.45) is 5.10 Å². The number of nitro groups is 1. The van der Waals surface area contributed by atoms with Gasteiger partial charge in [0.2, 0.25) is 0 Å². The molecule has 33 heavy (non-hydrogen) atoms. The number of rotatable bonds is 8. The smallest absolute Gasteiger partial charge is 0.269 e. The summed E-state index contributed by atoms with van der Waals surface area (Å²) < 4.78 is 1.91. The number of para-hydroxylation sites is 1. The zero-order chi connectivity index (χ0) is 23.0. The molecule has 1 aromatic heterocycles. The van der Waals surface area contributed by atoms with Crippen LogP contribution in [-0.2, 0) is 4.79 Å². The maximum atomic E-state index is 12.3. The van der Waals surface area contributed by atoms with Crippen LogP contribution in [-0.4, -0.2) is 37.6 Å². The van der Waals surface area contributed by atoms with Crippen LogP contribution in [0, 0.1) is 10.1 Å². The molecule has 0 atom stereocenters. The Morgan fingerprint density at radius 2 is 1.67 bits per heavy atom. The molecule has 1 amide bonds. The molecule has 4 aromatic rings. The van der Waals surface area contributed by atoms with E-state index < -0.39 is 4.92 Å². The van der Waals surface area contributed by atoms with Gasteiger partial charge >= 0.3 is 0 Å². The molecule has 1 N–H and O–H groups in total. The molecule has 0 unspecified atom stereocenters. The summed E-state index contributed by atoms with van der Waals surface area (Å²) in [5.74, 6) is 0.445. The number of hydrazone groups is 1. The van der Waals surface area contributed by atoms with Crippen LogP contribution in [0.1, 0.15) is 5.56 Å². The lowest BCUT2D eigenvalue weighted by molar-refractivity contribution is -0.384. The molecule has 0 aliphatic rings. The predicted molar refractivity (Wildman–Crippen MR) is 126 cm³/mol. The average molecular weight is 459 g/mol. The van der Waals surface area contributed by atoms with Gasteiger partial charge in [0.1, 0.15) is 0 Å². The molecular weight excluding hydrogens is 440 g/mol. The highest BCUT2D eigenvalue weighted by atomic mass is 32.2. The van der Waals surface area contributed by atoms with Crippen molar-refractivity contribution in [2.45, 2.75) is 5.16 Å². The molecule has 0 bridgehead atoms. The molecule has 0 saturated carbocycles. The van der Waals surface area contributed by atoms with E-state index >= 15 is 0 Å². The number of carbonyl (C=O) groups is 1. The molecule has 164 valence electrons. The lowest BCUT2D eigenvalue weighted by atomic mass is 10.2. The Morgan fingerprint density at radius 3 is 2.33 bits per heavy atom. The minimum atomic E-state index is -0.475. The highest BCUT2D eigenvalue weighted by Crippen LogP contribution is 2.27. The topological polar surface area (TPSA) is 115 Å². The lowest BCUT2D eigenvalue weighted by Crippen LogP contribution is -2.20. The molecular formula is C23H18N6O3S. The Hall–Kier alpha value is -4.31. The Bertz CT molecular complexity index is 1270. The van der Waals surface area contributed by atoms with Crippen LogP contribution in [0.15, 0.2) is 95.2 Å². The van der Waals surface area contributed by atoms with Crippen molar-refractivity contribution in [3.8, 4) is 17.1 Å². The summed E-state index contributed by atoms with van der Waals surface area (Å²) in [5, 5.41) is 23.8. The SMILES string of the molecule is O=C(CSc1nnc(-c2ccccc2)n1-c1ccccc1)N/N=C/c1ccc([N+](=O)[O-])cc1. The van der Waals surface area contributed by atoms with Crippen LogP contribution in [0.3, 0.4) is 0 Å². The monoisotopic (exact) mass is 458 g/mol. The van der Waals surface area contributed by atoms with Gasteiger partial charge in [-0.1, -0.05) is 60.3 Å². The molecule has 0 aliphatic carbocycles. The van der Waals surface area contributed by atoms with E-state index in [1.165, 1.54) is 30.1 Å². The molecule has 4 rings (SSSR count). The molecule has 0 spiro atoms. The van der Waals surface area contributed by atoms with Crippen LogP contribution < -0.4 is 5.43 Å². The van der Waals surface area contributed by atoms with E-state index in [4.69, 9.17) is 0 Å². The first-order valence-corrected chi connectivity index (χ1v) is 10.9. The number of carbonyl (C=O) groups excluding carboxylic acids is 1. The van der Waals surface area contributed by atoms with Gasteiger partial charge in [-0.05, 0) is 29.8 Å². The second-order valence-corrected chi connectivity index (χ2v) is 7.72. The van der Waals surface area contributed by atoms with Gasteiger partial charge in [-0.25, -0.2) is 5.43 Å². The second-order valence-electron chi connectivity index (χ2n) is 6.77. The highest BCUT2D eigenvalue weighted by Gasteiger charge is 2.17. The molecule has 10 heteroatoms. The molecule has 0 saturated heterocycles. The summed E-state index contributed by atoms with van der Waals surface area (Å²) in [6.45, 7) is 0. The average Bonchev–Trinajstić information content (AvgIpc) is 3.28. The van der Waals surface area contributed by atoms with Gasteiger partial charge in [-0.15, -0.1) is 10.2 Å². The molecule has 3 aromatic carbocycles. The van der Waals surface area contributed by atoms with E-state index in [9.17, 15) is 14.9 Å². The fourth-order valence-corrected chi connectivity index (χ4v) is 3.71. The summed E-state index contributed by atoms with van der Waals surface area (Å²) >= 11 is 1.25. The van der Waals surface area contributed by atoms with Crippen molar-refractivity contribution in [1.82, 2.24) is 20.2 Å². The van der Waals surface area contributed by atoms with Crippen LogP contribution in [0.2, 0.25) is 0 Å². The zero-order valence-corrected chi connectivity index (χ0v) is 18.1. The third-order valence-electron chi connectivity index (χ3n) is 4.52. The van der Waals surface area contributed by atoms with E-state index in [-0.39, 0.29) is 17.3 Å². The number of hydrogen-bond acceptors (Lipinski definition) is 7. The van der Waals surface area contributed by atoms with Gasteiger partial charge < -0.3 is 0 Å². The summed E-state index contributed by atoms with van der Waals surface area (Å²) in [7, 11) is 0. The Kier molecular flexibility index (Phi) is 6.86. The highest BCUT2D eigenvalue weighted by molar-refractivity contribution is 7.99. The van der Waals surface area contributed by atoms with Crippen LogP contribution in [0.5, 0.6) is 0 Å². The third kappa shape index (κ3) is 5.49. The number of nitrogens with one attached hydrogen (secondary N) is 1. The normalized spacial score (nSPS) is 10.9. The van der Waals surface area contributed by atoms with Gasteiger partial charge in [-0.2, -0.15) is 5.10 Å². The van der Waals surface area contributed by atoms with Crippen LogP contribution >= 0.6 is 11.8 Å². The van der Waals surface area contributed by atoms with Gasteiger partial charge in [0.25, 0.3) is 11.6 Å². The Labute approximate surface area is 193 Å². The van der Waals surface area contributed by atoms with Crippen molar-refractivity contribution in [3.05, 3.63) is 101 Å². The van der Waals surface area contributed by atoms with Crippen molar-refractivity contribution in [2.75, 3.05) is 5.75 Å². The van der Waals surface area contributed by atoms with E-state index in [1.54, 1.807) is 12.1 Å². The van der Waals surface area contributed by atoms with E-state index in [0.29, 0.717) is 16.5 Å². The first-order valence-electron chi connectivity index (χ1n) is 9.87. The van der Waals surface area contributed by atoms with E-state index in [2.05, 4.69) is 20.7 Å². The zero-order valence-electron chi connectivity index (χ0n) is 17.2. The maximum absolute atomic E-state index is 12.3. The van der Waals surface area contributed by atoms with Crippen LogP contribution in [0.25, 0.3) is 17.1 Å². The minimum absolute atomic E-state index is 0.00927. The first kappa shape index (κ1) is 21.9. The lowest BCUT2D eigenvalue weighted by Gasteiger charge is -2.10. The molecule has 1 heterocycles. The fraction of sp³-hybridized carbons (Fsp3) is 0.0435. The number of aromatic nitrogens is 3. The van der Waals surface area contributed by atoms with Gasteiger partial charge in [-0.3, -0.25) is 19.5 Å². The van der Waals surface area contributed by atoms with Crippen molar-refractivity contribution in [1.29, 1.82) is 0 Å². The summed E-state index contributed by atoms with van der Waals surface area (Å²) in [6.07, 6.45) is 1.42. The second kappa shape index (κ2) is 10.3. The summed E-state index contributed by atoms with van der Waals surface area (Å²) in [5.41, 5.74) is 4.88. The van der Waals surface area contributed by atoms with Crippen molar-refractivity contribution < 1.29 is 9.72 Å². The maximum Gasteiger partial charge on any atom is 0.269 e. The van der Waals surface area contributed by atoms with Crippen LogP contribution in [0.4, 0.5) is 5.69 Å². The quantitative estimate of drug-likeness (QED) is 0.184. The van der Waals surface area contributed by atoms with Crippen molar-refractivity contribution in [3.63, 3.8) is 0 Å². The molecule has 0 fully saturated rings. The largest absolute Gasteiger partial charge is 0.272 e.